The molecule has 0 aliphatic carbocycles. The average Bonchev–Trinajstić information content (AvgIpc) is 2.75. The maximum Gasteiger partial charge on any atom is 0.310 e. The SMILES string of the molecule is CCCC1(C(=O)O)CCCN(Cc2ccc(Br)o2)C1. The van der Waals surface area contributed by atoms with Gasteiger partial charge in [-0.25, -0.2) is 0 Å². The Morgan fingerprint density at radius 2 is 2.37 bits per heavy atom. The summed E-state index contributed by atoms with van der Waals surface area (Å²) in [4.78, 5) is 13.8. The summed E-state index contributed by atoms with van der Waals surface area (Å²) >= 11 is 3.29. The molecular formula is C14H20BrNO3. The first-order chi connectivity index (χ1) is 9.05. The zero-order valence-corrected chi connectivity index (χ0v) is 12.8. The molecule has 1 saturated heterocycles. The quantitative estimate of drug-likeness (QED) is 0.898. The molecule has 0 radical (unpaired) electrons. The molecule has 0 aromatic carbocycles. The van der Waals surface area contributed by atoms with Crippen molar-refractivity contribution in [1.29, 1.82) is 0 Å². The summed E-state index contributed by atoms with van der Waals surface area (Å²) < 4.78 is 6.22. The van der Waals surface area contributed by atoms with Crippen LogP contribution in [0.2, 0.25) is 0 Å². The molecule has 4 nitrogen and oxygen atoms in total. The van der Waals surface area contributed by atoms with Crippen molar-refractivity contribution in [2.24, 2.45) is 5.41 Å². The highest BCUT2D eigenvalue weighted by Crippen LogP contribution is 2.35. The normalized spacial score (nSPS) is 24.5. The zero-order chi connectivity index (χ0) is 13.9. The largest absolute Gasteiger partial charge is 0.481 e. The summed E-state index contributed by atoms with van der Waals surface area (Å²) in [5, 5.41) is 9.55. The van der Waals surface area contributed by atoms with Crippen molar-refractivity contribution in [1.82, 2.24) is 4.90 Å². The molecule has 1 atom stereocenters. The first-order valence-electron chi connectivity index (χ1n) is 6.76. The highest BCUT2D eigenvalue weighted by molar-refractivity contribution is 9.10. The van der Waals surface area contributed by atoms with Gasteiger partial charge in [0, 0.05) is 6.54 Å². The predicted octanol–water partition coefficient (Wildman–Crippen LogP) is 3.51. The highest BCUT2D eigenvalue weighted by Gasteiger charge is 2.41. The van der Waals surface area contributed by atoms with Crippen molar-refractivity contribution < 1.29 is 14.3 Å². The maximum absolute atomic E-state index is 11.6. The minimum atomic E-state index is -0.653. The number of piperidine rings is 1. The first-order valence-corrected chi connectivity index (χ1v) is 7.55. The second-order valence-electron chi connectivity index (χ2n) is 5.36. The number of carboxylic acids is 1. The number of hydrogen-bond acceptors (Lipinski definition) is 3. The molecule has 106 valence electrons. The van der Waals surface area contributed by atoms with E-state index in [0.29, 0.717) is 13.1 Å². The van der Waals surface area contributed by atoms with Crippen molar-refractivity contribution in [2.75, 3.05) is 13.1 Å². The fraction of sp³-hybridized carbons (Fsp3) is 0.643. The van der Waals surface area contributed by atoms with Crippen molar-refractivity contribution >= 4 is 21.9 Å². The lowest BCUT2D eigenvalue weighted by molar-refractivity contribution is -0.153. The Morgan fingerprint density at radius 3 is 2.95 bits per heavy atom. The van der Waals surface area contributed by atoms with Crippen molar-refractivity contribution in [3.8, 4) is 0 Å². The second kappa shape index (κ2) is 6.09. The van der Waals surface area contributed by atoms with Gasteiger partial charge >= 0.3 is 5.97 Å². The fourth-order valence-corrected chi connectivity index (χ4v) is 3.32. The molecule has 5 heteroatoms. The molecule has 1 N–H and O–H groups in total. The Kier molecular flexibility index (Phi) is 4.68. The van der Waals surface area contributed by atoms with E-state index in [1.165, 1.54) is 0 Å². The van der Waals surface area contributed by atoms with Crippen LogP contribution in [0.4, 0.5) is 0 Å². The van der Waals surface area contributed by atoms with Gasteiger partial charge in [0.25, 0.3) is 0 Å². The molecular weight excluding hydrogens is 310 g/mol. The van der Waals surface area contributed by atoms with E-state index >= 15 is 0 Å². The number of halogens is 1. The number of carboxylic acid groups (broad SMARTS) is 1. The molecule has 1 aromatic heterocycles. The van der Waals surface area contributed by atoms with Gasteiger partial charge < -0.3 is 9.52 Å². The Balaban J connectivity index is 2.05. The summed E-state index contributed by atoms with van der Waals surface area (Å²) in [6.45, 7) is 4.29. The van der Waals surface area contributed by atoms with E-state index < -0.39 is 11.4 Å². The van der Waals surface area contributed by atoms with Crippen molar-refractivity contribution in [2.45, 2.75) is 39.2 Å². The van der Waals surface area contributed by atoms with Crippen LogP contribution in [0.1, 0.15) is 38.4 Å². The van der Waals surface area contributed by atoms with Crippen LogP contribution in [0.25, 0.3) is 0 Å². The lowest BCUT2D eigenvalue weighted by Gasteiger charge is -2.39. The first kappa shape index (κ1) is 14.6. The smallest absolute Gasteiger partial charge is 0.310 e. The molecule has 2 rings (SSSR count). The highest BCUT2D eigenvalue weighted by atomic mass is 79.9. The standard InChI is InChI=1S/C14H20BrNO3/c1-2-6-14(13(17)18)7-3-8-16(10-14)9-11-4-5-12(15)19-11/h4-5H,2-3,6-10H2,1H3,(H,17,18). The lowest BCUT2D eigenvalue weighted by Crippen LogP contribution is -2.47. The minimum absolute atomic E-state index is 0.573. The molecule has 1 aliphatic rings. The number of aliphatic carboxylic acids is 1. The third-order valence-corrected chi connectivity index (χ3v) is 4.27. The molecule has 1 unspecified atom stereocenters. The Labute approximate surface area is 121 Å². The van der Waals surface area contributed by atoms with Gasteiger partial charge in [-0.3, -0.25) is 9.69 Å². The molecule has 1 aliphatic heterocycles. The monoisotopic (exact) mass is 329 g/mol. The maximum atomic E-state index is 11.6. The van der Waals surface area contributed by atoms with Crippen LogP contribution in [-0.2, 0) is 11.3 Å². The molecule has 1 aromatic rings. The van der Waals surface area contributed by atoms with Crippen molar-refractivity contribution in [3.05, 3.63) is 22.6 Å². The number of nitrogens with zero attached hydrogens (tertiary/aromatic N) is 1. The summed E-state index contributed by atoms with van der Waals surface area (Å²) in [5.74, 6) is 0.226. The van der Waals surface area contributed by atoms with Gasteiger partial charge in [-0.15, -0.1) is 0 Å². The van der Waals surface area contributed by atoms with Crippen LogP contribution in [0.5, 0.6) is 0 Å². The van der Waals surface area contributed by atoms with E-state index in [9.17, 15) is 9.90 Å². The van der Waals surface area contributed by atoms with E-state index in [1.54, 1.807) is 0 Å². The molecule has 0 bridgehead atoms. The summed E-state index contributed by atoms with van der Waals surface area (Å²) in [7, 11) is 0. The van der Waals surface area contributed by atoms with E-state index in [1.807, 2.05) is 19.1 Å². The fourth-order valence-electron chi connectivity index (χ4n) is 2.98. The van der Waals surface area contributed by atoms with Gasteiger partial charge in [0.15, 0.2) is 4.67 Å². The minimum Gasteiger partial charge on any atom is -0.481 e. The van der Waals surface area contributed by atoms with Gasteiger partial charge in [0.1, 0.15) is 5.76 Å². The van der Waals surface area contributed by atoms with Gasteiger partial charge in [-0.1, -0.05) is 13.3 Å². The third-order valence-electron chi connectivity index (χ3n) is 3.85. The summed E-state index contributed by atoms with van der Waals surface area (Å²) in [6.07, 6.45) is 3.38. The molecule has 19 heavy (non-hydrogen) atoms. The van der Waals surface area contributed by atoms with Crippen LogP contribution >= 0.6 is 15.9 Å². The Hall–Kier alpha value is -0.810. The van der Waals surface area contributed by atoms with Gasteiger partial charge in [-0.05, 0) is 53.9 Å². The number of furan rings is 1. The molecule has 0 amide bonds. The van der Waals surface area contributed by atoms with Gasteiger partial charge in [0.05, 0.1) is 12.0 Å². The number of hydrogen-bond donors (Lipinski definition) is 1. The topological polar surface area (TPSA) is 53.7 Å². The second-order valence-corrected chi connectivity index (χ2v) is 6.14. The number of carbonyl (C=O) groups is 1. The Morgan fingerprint density at radius 1 is 1.58 bits per heavy atom. The molecule has 1 fully saturated rings. The third kappa shape index (κ3) is 3.39. The summed E-state index contributed by atoms with van der Waals surface area (Å²) in [5.41, 5.74) is -0.573. The Bertz CT molecular complexity index is 442. The molecule has 0 saturated carbocycles. The molecule has 2 heterocycles. The van der Waals surface area contributed by atoms with Crippen LogP contribution in [0, 0.1) is 5.41 Å². The van der Waals surface area contributed by atoms with E-state index in [0.717, 1.165) is 42.7 Å². The zero-order valence-electron chi connectivity index (χ0n) is 11.2. The van der Waals surface area contributed by atoms with E-state index in [2.05, 4.69) is 20.8 Å². The van der Waals surface area contributed by atoms with Gasteiger partial charge in [-0.2, -0.15) is 0 Å². The van der Waals surface area contributed by atoms with E-state index in [4.69, 9.17) is 4.42 Å². The van der Waals surface area contributed by atoms with Crippen molar-refractivity contribution in [3.63, 3.8) is 0 Å². The van der Waals surface area contributed by atoms with Crippen LogP contribution in [0.3, 0.4) is 0 Å². The van der Waals surface area contributed by atoms with Crippen LogP contribution in [0.15, 0.2) is 21.2 Å². The number of rotatable bonds is 5. The predicted molar refractivity (Wildman–Crippen MR) is 75.9 cm³/mol. The van der Waals surface area contributed by atoms with Crippen LogP contribution < -0.4 is 0 Å². The average molecular weight is 330 g/mol. The van der Waals surface area contributed by atoms with E-state index in [-0.39, 0.29) is 0 Å². The lowest BCUT2D eigenvalue weighted by atomic mass is 9.76. The number of likely N-dealkylation sites (tertiary alicyclic amines) is 1. The summed E-state index contributed by atoms with van der Waals surface area (Å²) in [6, 6.07) is 3.80. The van der Waals surface area contributed by atoms with Crippen LogP contribution in [-0.4, -0.2) is 29.1 Å². The van der Waals surface area contributed by atoms with Gasteiger partial charge in [0.2, 0.25) is 0 Å². The molecule has 0 spiro atoms.